The van der Waals surface area contributed by atoms with Crippen molar-refractivity contribution in [2.45, 2.75) is 13.3 Å². The van der Waals surface area contributed by atoms with Crippen molar-refractivity contribution in [3.05, 3.63) is 35.0 Å². The van der Waals surface area contributed by atoms with E-state index in [1.807, 2.05) is 28.8 Å². The monoisotopic (exact) mass is 343 g/mol. The molecule has 0 radical (unpaired) electrons. The number of anilines is 1. The summed E-state index contributed by atoms with van der Waals surface area (Å²) < 4.78 is 7.23. The maximum absolute atomic E-state index is 11.5. The van der Waals surface area contributed by atoms with Crippen LogP contribution in [0, 0.1) is 6.92 Å². The second kappa shape index (κ2) is 5.34. The van der Waals surface area contributed by atoms with Gasteiger partial charge in [0.05, 0.1) is 17.8 Å². The van der Waals surface area contributed by atoms with Gasteiger partial charge in [-0.3, -0.25) is 14.0 Å². The molecule has 0 atom stereocenters. The van der Waals surface area contributed by atoms with Gasteiger partial charge < -0.3 is 15.2 Å². The number of carboxylic acid groups (broad SMARTS) is 1. The Morgan fingerprint density at radius 2 is 2.33 bits per heavy atom. The Morgan fingerprint density at radius 1 is 1.50 bits per heavy atom. The molecular weight excluding hydrogens is 330 g/mol. The van der Waals surface area contributed by atoms with Crippen LogP contribution in [0.2, 0.25) is 0 Å². The standard InChI is InChI=1S/C16H13N3O4S/c1-8-15(18-16-19(8)10(7-24-16)5-14(21)22)9-2-3-12-11(4-9)17-13(20)6-23-12/h2-4,7H,5-6H2,1H3,(H,17,20)(H,21,22). The topological polar surface area (TPSA) is 92.9 Å². The molecule has 1 amide bonds. The summed E-state index contributed by atoms with van der Waals surface area (Å²) in [6.07, 6.45) is -0.0509. The molecule has 0 aliphatic carbocycles. The Hall–Kier alpha value is -2.87. The minimum absolute atomic E-state index is 0.0180. The normalized spacial score (nSPS) is 13.5. The summed E-state index contributed by atoms with van der Waals surface area (Å²) >= 11 is 1.41. The van der Waals surface area contributed by atoms with Crippen LogP contribution in [0.4, 0.5) is 5.69 Å². The molecule has 24 heavy (non-hydrogen) atoms. The number of imidazole rings is 1. The van der Waals surface area contributed by atoms with Crippen LogP contribution in [-0.2, 0) is 16.0 Å². The second-order valence-corrected chi connectivity index (χ2v) is 6.35. The first-order valence-electron chi connectivity index (χ1n) is 7.27. The fraction of sp³-hybridized carbons (Fsp3) is 0.188. The van der Waals surface area contributed by atoms with Crippen LogP contribution >= 0.6 is 11.3 Å². The molecule has 0 unspecified atom stereocenters. The molecule has 0 fully saturated rings. The summed E-state index contributed by atoms with van der Waals surface area (Å²) in [5.41, 5.74) is 3.79. The van der Waals surface area contributed by atoms with Gasteiger partial charge >= 0.3 is 5.97 Å². The minimum atomic E-state index is -0.877. The number of carbonyl (C=O) groups is 2. The van der Waals surface area contributed by atoms with Crippen molar-refractivity contribution in [2.24, 2.45) is 0 Å². The molecule has 8 heteroatoms. The van der Waals surface area contributed by atoms with Gasteiger partial charge in [-0.25, -0.2) is 4.98 Å². The molecule has 0 spiro atoms. The van der Waals surface area contributed by atoms with Crippen LogP contribution < -0.4 is 10.1 Å². The first-order chi connectivity index (χ1) is 11.5. The van der Waals surface area contributed by atoms with Crippen molar-refractivity contribution >= 4 is 33.9 Å². The molecular formula is C16H13N3O4S. The van der Waals surface area contributed by atoms with Gasteiger partial charge in [0.1, 0.15) is 5.75 Å². The lowest BCUT2D eigenvalue weighted by atomic mass is 10.1. The number of carbonyl (C=O) groups excluding carboxylic acids is 1. The highest BCUT2D eigenvalue weighted by Crippen LogP contribution is 2.34. The maximum Gasteiger partial charge on any atom is 0.309 e. The number of thiazole rings is 1. The molecule has 122 valence electrons. The first-order valence-corrected chi connectivity index (χ1v) is 8.15. The lowest BCUT2D eigenvalue weighted by molar-refractivity contribution is -0.136. The predicted octanol–water partition coefficient (Wildman–Crippen LogP) is 2.33. The zero-order chi connectivity index (χ0) is 16.8. The van der Waals surface area contributed by atoms with Crippen molar-refractivity contribution in [1.82, 2.24) is 9.38 Å². The van der Waals surface area contributed by atoms with Gasteiger partial charge in [-0.2, -0.15) is 0 Å². The number of nitrogens with one attached hydrogen (secondary N) is 1. The van der Waals surface area contributed by atoms with Crippen molar-refractivity contribution < 1.29 is 19.4 Å². The summed E-state index contributed by atoms with van der Waals surface area (Å²) in [5, 5.41) is 13.6. The summed E-state index contributed by atoms with van der Waals surface area (Å²) in [7, 11) is 0. The number of nitrogens with zero attached hydrogens (tertiary/aromatic N) is 2. The molecule has 2 N–H and O–H groups in total. The summed E-state index contributed by atoms with van der Waals surface area (Å²) in [5.74, 6) is -0.437. The number of carboxylic acids is 1. The number of hydrogen-bond donors (Lipinski definition) is 2. The number of hydrogen-bond acceptors (Lipinski definition) is 5. The zero-order valence-corrected chi connectivity index (χ0v) is 13.5. The van der Waals surface area contributed by atoms with Gasteiger partial charge in [0.2, 0.25) is 0 Å². The van der Waals surface area contributed by atoms with E-state index in [2.05, 4.69) is 10.3 Å². The highest BCUT2D eigenvalue weighted by molar-refractivity contribution is 7.15. The quantitative estimate of drug-likeness (QED) is 0.761. The molecule has 4 rings (SSSR count). The van der Waals surface area contributed by atoms with Gasteiger partial charge in [0, 0.05) is 22.3 Å². The van der Waals surface area contributed by atoms with Gasteiger partial charge in [-0.1, -0.05) is 0 Å². The van der Waals surface area contributed by atoms with Gasteiger partial charge in [0.15, 0.2) is 11.6 Å². The number of ether oxygens (including phenoxy) is 1. The molecule has 7 nitrogen and oxygen atoms in total. The third-order valence-electron chi connectivity index (χ3n) is 3.88. The van der Waals surface area contributed by atoms with E-state index in [-0.39, 0.29) is 18.9 Å². The van der Waals surface area contributed by atoms with Crippen LogP contribution in [-0.4, -0.2) is 33.0 Å². The van der Waals surface area contributed by atoms with Crippen molar-refractivity contribution in [1.29, 1.82) is 0 Å². The van der Waals surface area contributed by atoms with Crippen molar-refractivity contribution in [3.8, 4) is 17.0 Å². The molecule has 0 saturated heterocycles. The van der Waals surface area contributed by atoms with E-state index in [1.54, 1.807) is 6.07 Å². The Kier molecular flexibility index (Phi) is 3.27. The molecule has 1 aromatic carbocycles. The van der Waals surface area contributed by atoms with Gasteiger partial charge in [-0.05, 0) is 25.1 Å². The molecule has 0 bridgehead atoms. The number of aliphatic carboxylic acids is 1. The van der Waals surface area contributed by atoms with Gasteiger partial charge in [-0.15, -0.1) is 11.3 Å². The SMILES string of the molecule is Cc1c(-c2ccc3c(c2)NC(=O)CO3)nc2scc(CC(=O)O)n12. The minimum Gasteiger partial charge on any atom is -0.482 e. The third kappa shape index (κ3) is 2.31. The van der Waals surface area contributed by atoms with Crippen LogP contribution in [0.15, 0.2) is 23.6 Å². The van der Waals surface area contributed by atoms with E-state index in [4.69, 9.17) is 9.84 Å². The Bertz CT molecular complexity index is 989. The molecule has 1 aliphatic rings. The highest BCUT2D eigenvalue weighted by atomic mass is 32.1. The molecule has 0 saturated carbocycles. The van der Waals surface area contributed by atoms with Crippen molar-refractivity contribution in [3.63, 3.8) is 0 Å². The first kappa shape index (κ1) is 14.7. The van der Waals surface area contributed by atoms with Gasteiger partial charge in [0.25, 0.3) is 5.91 Å². The smallest absolute Gasteiger partial charge is 0.309 e. The van der Waals surface area contributed by atoms with E-state index in [0.29, 0.717) is 17.1 Å². The fourth-order valence-corrected chi connectivity index (χ4v) is 3.78. The molecule has 1 aliphatic heterocycles. The number of aryl methyl sites for hydroxylation is 1. The zero-order valence-electron chi connectivity index (χ0n) is 12.7. The predicted molar refractivity (Wildman–Crippen MR) is 88.7 cm³/mol. The third-order valence-corrected chi connectivity index (χ3v) is 4.76. The Morgan fingerprint density at radius 3 is 3.12 bits per heavy atom. The van der Waals surface area contributed by atoms with Crippen LogP contribution in [0.5, 0.6) is 5.75 Å². The van der Waals surface area contributed by atoms with Crippen LogP contribution in [0.3, 0.4) is 0 Å². The summed E-state index contributed by atoms with van der Waals surface area (Å²) in [6.45, 7) is 1.92. The number of fused-ring (bicyclic) bond motifs is 2. The lowest BCUT2D eigenvalue weighted by Crippen LogP contribution is -2.25. The van der Waals surface area contributed by atoms with E-state index < -0.39 is 5.97 Å². The molecule has 3 heterocycles. The average molecular weight is 343 g/mol. The van der Waals surface area contributed by atoms with Crippen molar-refractivity contribution in [2.75, 3.05) is 11.9 Å². The van der Waals surface area contributed by atoms with E-state index >= 15 is 0 Å². The number of aromatic nitrogens is 2. The molecule has 2 aromatic heterocycles. The number of benzene rings is 1. The van der Waals surface area contributed by atoms with E-state index in [1.165, 1.54) is 11.3 Å². The van der Waals surface area contributed by atoms with Crippen LogP contribution in [0.1, 0.15) is 11.4 Å². The fourth-order valence-electron chi connectivity index (χ4n) is 2.85. The Labute approximate surface area is 140 Å². The highest BCUT2D eigenvalue weighted by Gasteiger charge is 2.20. The number of amides is 1. The summed E-state index contributed by atoms with van der Waals surface area (Å²) in [4.78, 5) is 27.8. The lowest BCUT2D eigenvalue weighted by Gasteiger charge is -2.18. The molecule has 3 aromatic rings. The largest absolute Gasteiger partial charge is 0.482 e. The van der Waals surface area contributed by atoms with E-state index in [9.17, 15) is 9.59 Å². The van der Waals surface area contributed by atoms with Crippen LogP contribution in [0.25, 0.3) is 16.2 Å². The summed E-state index contributed by atoms with van der Waals surface area (Å²) in [6, 6.07) is 5.50. The second-order valence-electron chi connectivity index (χ2n) is 5.51. The maximum atomic E-state index is 11.5. The van der Waals surface area contributed by atoms with E-state index in [0.717, 1.165) is 21.9 Å². The Balaban J connectivity index is 1.81. The average Bonchev–Trinajstić information content (AvgIpc) is 3.07. The number of rotatable bonds is 3.